The standard InChI is InChI=1S/C17H14N6O2S/c1-25-13-8-6-12(7-9-13)22-10-18-20-17(22)26-11-23-16(24)14-4-2-3-5-15(14)19-21-23/h2-10H,11H2,1H3. The Bertz CT molecular complexity index is 1110. The Morgan fingerprint density at radius 3 is 2.69 bits per heavy atom. The van der Waals surface area contributed by atoms with E-state index in [1.807, 2.05) is 41.0 Å². The van der Waals surface area contributed by atoms with Crippen LogP contribution in [0.1, 0.15) is 0 Å². The largest absolute Gasteiger partial charge is 0.497 e. The number of methoxy groups -OCH3 is 1. The van der Waals surface area contributed by atoms with Gasteiger partial charge in [-0.25, -0.2) is 0 Å². The lowest BCUT2D eigenvalue weighted by atomic mass is 10.2. The first-order valence-corrected chi connectivity index (χ1v) is 8.74. The van der Waals surface area contributed by atoms with Crippen molar-refractivity contribution in [3.05, 3.63) is 65.2 Å². The summed E-state index contributed by atoms with van der Waals surface area (Å²) in [5.41, 5.74) is 1.30. The van der Waals surface area contributed by atoms with E-state index in [1.54, 1.807) is 25.6 Å². The topological polar surface area (TPSA) is 87.7 Å². The second kappa shape index (κ2) is 6.96. The van der Waals surface area contributed by atoms with Crippen molar-refractivity contribution in [2.75, 3.05) is 7.11 Å². The molecule has 0 radical (unpaired) electrons. The zero-order valence-corrected chi connectivity index (χ0v) is 14.6. The first-order valence-electron chi connectivity index (χ1n) is 7.76. The number of ether oxygens (including phenoxy) is 1. The monoisotopic (exact) mass is 366 g/mol. The highest BCUT2D eigenvalue weighted by molar-refractivity contribution is 7.98. The molecule has 0 spiro atoms. The molecular weight excluding hydrogens is 352 g/mol. The fourth-order valence-corrected chi connectivity index (χ4v) is 3.27. The number of fused-ring (bicyclic) bond motifs is 1. The van der Waals surface area contributed by atoms with Crippen LogP contribution in [0.3, 0.4) is 0 Å². The van der Waals surface area contributed by atoms with E-state index in [1.165, 1.54) is 16.4 Å². The smallest absolute Gasteiger partial charge is 0.278 e. The highest BCUT2D eigenvalue weighted by atomic mass is 32.2. The molecule has 0 N–H and O–H groups in total. The van der Waals surface area contributed by atoms with Crippen LogP contribution in [0.4, 0.5) is 0 Å². The van der Waals surface area contributed by atoms with Gasteiger partial charge in [-0.2, -0.15) is 4.68 Å². The predicted octanol–water partition coefficient (Wildman–Crippen LogP) is 2.13. The Kier molecular flexibility index (Phi) is 4.36. The third-order valence-electron chi connectivity index (χ3n) is 3.81. The van der Waals surface area contributed by atoms with E-state index in [-0.39, 0.29) is 11.4 Å². The molecule has 8 nitrogen and oxygen atoms in total. The molecule has 0 unspecified atom stereocenters. The molecule has 130 valence electrons. The molecule has 0 aliphatic heterocycles. The van der Waals surface area contributed by atoms with Crippen LogP contribution in [0.15, 0.2) is 64.8 Å². The van der Waals surface area contributed by atoms with Crippen LogP contribution >= 0.6 is 11.8 Å². The summed E-state index contributed by atoms with van der Waals surface area (Å²) in [5, 5.41) is 17.4. The summed E-state index contributed by atoms with van der Waals surface area (Å²) in [6.45, 7) is 0. The minimum atomic E-state index is -0.182. The average Bonchev–Trinajstić information content (AvgIpc) is 3.16. The van der Waals surface area contributed by atoms with Crippen molar-refractivity contribution < 1.29 is 4.74 Å². The molecule has 0 aliphatic rings. The molecule has 4 aromatic rings. The molecule has 0 fully saturated rings. The number of hydrogen-bond acceptors (Lipinski definition) is 7. The molecule has 0 bridgehead atoms. The van der Waals surface area contributed by atoms with Crippen LogP contribution in [0.5, 0.6) is 5.75 Å². The van der Waals surface area contributed by atoms with Crippen LogP contribution < -0.4 is 10.3 Å². The number of hydrogen-bond donors (Lipinski definition) is 0. The molecular formula is C17H14N6O2S. The molecule has 2 heterocycles. The van der Waals surface area contributed by atoms with Crippen molar-refractivity contribution in [3.63, 3.8) is 0 Å². The van der Waals surface area contributed by atoms with Crippen LogP contribution in [0.25, 0.3) is 16.6 Å². The van der Waals surface area contributed by atoms with Gasteiger partial charge in [-0.15, -0.1) is 15.3 Å². The van der Waals surface area contributed by atoms with Gasteiger partial charge < -0.3 is 4.74 Å². The van der Waals surface area contributed by atoms with Crippen LogP contribution in [0.2, 0.25) is 0 Å². The third kappa shape index (κ3) is 3.04. The van der Waals surface area contributed by atoms with Gasteiger partial charge in [0.05, 0.1) is 18.4 Å². The second-order valence-corrected chi connectivity index (χ2v) is 6.28. The Morgan fingerprint density at radius 1 is 1.08 bits per heavy atom. The van der Waals surface area contributed by atoms with Crippen LogP contribution in [0, 0.1) is 0 Å². The van der Waals surface area contributed by atoms with E-state index in [0.717, 1.165) is 11.4 Å². The molecule has 0 saturated heterocycles. The van der Waals surface area contributed by atoms with E-state index in [4.69, 9.17) is 4.74 Å². The summed E-state index contributed by atoms with van der Waals surface area (Å²) in [7, 11) is 1.62. The van der Waals surface area contributed by atoms with E-state index < -0.39 is 0 Å². The summed E-state index contributed by atoms with van der Waals surface area (Å²) >= 11 is 1.35. The number of aromatic nitrogens is 6. The minimum absolute atomic E-state index is 0.182. The van der Waals surface area contributed by atoms with Gasteiger partial charge in [-0.1, -0.05) is 29.1 Å². The zero-order chi connectivity index (χ0) is 17.9. The Balaban J connectivity index is 1.58. The van der Waals surface area contributed by atoms with Crippen molar-refractivity contribution in [3.8, 4) is 11.4 Å². The minimum Gasteiger partial charge on any atom is -0.497 e. The summed E-state index contributed by atoms with van der Waals surface area (Å²) in [6.07, 6.45) is 1.62. The lowest BCUT2D eigenvalue weighted by Gasteiger charge is -2.08. The van der Waals surface area contributed by atoms with Crippen LogP contribution in [-0.4, -0.2) is 36.9 Å². The van der Waals surface area contributed by atoms with Crippen molar-refractivity contribution >= 4 is 22.7 Å². The van der Waals surface area contributed by atoms with Gasteiger partial charge in [0, 0.05) is 5.69 Å². The van der Waals surface area contributed by atoms with Crippen molar-refractivity contribution in [2.45, 2.75) is 11.0 Å². The number of nitrogens with zero attached hydrogens (tertiary/aromatic N) is 6. The quantitative estimate of drug-likeness (QED) is 0.500. The predicted molar refractivity (Wildman–Crippen MR) is 97.6 cm³/mol. The molecule has 2 aromatic carbocycles. The van der Waals surface area contributed by atoms with Crippen LogP contribution in [-0.2, 0) is 5.88 Å². The molecule has 26 heavy (non-hydrogen) atoms. The second-order valence-electron chi connectivity index (χ2n) is 5.37. The van der Waals surface area contributed by atoms with E-state index >= 15 is 0 Å². The lowest BCUT2D eigenvalue weighted by Crippen LogP contribution is -2.23. The molecule has 0 saturated carbocycles. The van der Waals surface area contributed by atoms with Gasteiger partial charge in [0.15, 0.2) is 5.16 Å². The maximum absolute atomic E-state index is 12.5. The molecule has 2 aromatic heterocycles. The highest BCUT2D eigenvalue weighted by Gasteiger charge is 2.10. The number of thioether (sulfide) groups is 1. The van der Waals surface area contributed by atoms with Crippen molar-refractivity contribution in [2.24, 2.45) is 0 Å². The third-order valence-corrected chi connectivity index (χ3v) is 4.72. The number of benzene rings is 2. The number of rotatable bonds is 5. The fourth-order valence-electron chi connectivity index (χ4n) is 2.47. The van der Waals surface area contributed by atoms with Gasteiger partial charge in [0.2, 0.25) is 0 Å². The van der Waals surface area contributed by atoms with Crippen molar-refractivity contribution in [1.29, 1.82) is 0 Å². The van der Waals surface area contributed by atoms with E-state index in [9.17, 15) is 4.79 Å². The maximum Gasteiger partial charge on any atom is 0.278 e. The van der Waals surface area contributed by atoms with Crippen molar-refractivity contribution in [1.82, 2.24) is 29.8 Å². The molecule has 4 rings (SSSR count). The van der Waals surface area contributed by atoms with Gasteiger partial charge in [-0.05, 0) is 36.4 Å². The van der Waals surface area contributed by atoms with Gasteiger partial charge >= 0.3 is 0 Å². The Hall–Kier alpha value is -3.20. The first-order chi connectivity index (χ1) is 12.8. The zero-order valence-electron chi connectivity index (χ0n) is 13.8. The normalized spacial score (nSPS) is 11.0. The fraction of sp³-hybridized carbons (Fsp3) is 0.118. The molecule has 0 aliphatic carbocycles. The Morgan fingerprint density at radius 2 is 1.88 bits per heavy atom. The SMILES string of the molecule is COc1ccc(-n2cnnc2SCn2nnc3ccccc3c2=O)cc1. The Labute approximate surface area is 152 Å². The molecule has 0 amide bonds. The summed E-state index contributed by atoms with van der Waals surface area (Å²) in [4.78, 5) is 12.5. The summed E-state index contributed by atoms with van der Waals surface area (Å²) in [5.74, 6) is 1.06. The highest BCUT2D eigenvalue weighted by Crippen LogP contribution is 2.22. The average molecular weight is 366 g/mol. The van der Waals surface area contributed by atoms with Gasteiger partial charge in [0.1, 0.15) is 17.6 Å². The summed E-state index contributed by atoms with van der Waals surface area (Å²) in [6, 6.07) is 14.7. The maximum atomic E-state index is 12.5. The molecule has 0 atom stereocenters. The van der Waals surface area contributed by atoms with E-state index in [0.29, 0.717) is 16.1 Å². The van der Waals surface area contributed by atoms with Gasteiger partial charge in [0.25, 0.3) is 5.56 Å². The lowest BCUT2D eigenvalue weighted by molar-refractivity contribution is 0.414. The first kappa shape index (κ1) is 16.3. The van der Waals surface area contributed by atoms with Gasteiger partial charge in [-0.3, -0.25) is 9.36 Å². The summed E-state index contributed by atoms with van der Waals surface area (Å²) < 4.78 is 8.33. The van der Waals surface area contributed by atoms with E-state index in [2.05, 4.69) is 20.5 Å². The molecule has 9 heteroatoms.